The number of hydrogen-bond donors (Lipinski definition) is 2. The second-order valence-electron chi connectivity index (χ2n) is 6.10. The molecule has 2 amide bonds. The Balaban J connectivity index is 1.76. The number of aryl methyl sites for hydroxylation is 1. The molecule has 0 aliphatic heterocycles. The van der Waals surface area contributed by atoms with Crippen molar-refractivity contribution in [3.63, 3.8) is 0 Å². The van der Waals surface area contributed by atoms with E-state index in [0.29, 0.717) is 6.54 Å². The van der Waals surface area contributed by atoms with Gasteiger partial charge in [0, 0.05) is 6.54 Å². The second-order valence-corrected chi connectivity index (χ2v) is 6.10. The molecule has 0 radical (unpaired) electrons. The fourth-order valence-corrected chi connectivity index (χ4v) is 2.41. The summed E-state index contributed by atoms with van der Waals surface area (Å²) in [5.41, 5.74) is 1.57. The van der Waals surface area contributed by atoms with Crippen molar-refractivity contribution in [2.75, 3.05) is 6.54 Å². The number of urea groups is 1. The van der Waals surface area contributed by atoms with Gasteiger partial charge in [-0.15, -0.1) is 0 Å². The van der Waals surface area contributed by atoms with Crippen molar-refractivity contribution in [1.82, 2.24) is 10.6 Å². The number of benzene rings is 2. The average Bonchev–Trinajstić information content (AvgIpc) is 2.52. The summed E-state index contributed by atoms with van der Waals surface area (Å²) in [6, 6.07) is 16.1. The number of nitrogens with one attached hydrogen (secondary N) is 2. The van der Waals surface area contributed by atoms with Crippen LogP contribution in [0.5, 0.6) is 0 Å². The van der Waals surface area contributed by atoms with Crippen LogP contribution in [0.1, 0.15) is 31.4 Å². The van der Waals surface area contributed by atoms with Gasteiger partial charge in [-0.25, -0.2) is 9.18 Å². The molecule has 2 rings (SSSR count). The van der Waals surface area contributed by atoms with Crippen molar-refractivity contribution in [1.29, 1.82) is 0 Å². The number of carbonyl (C=O) groups excluding carboxylic acids is 1. The summed E-state index contributed by atoms with van der Waals surface area (Å²) in [6.45, 7) is 4.40. The fraction of sp³-hybridized carbons (Fsp3) is 0.316. The van der Waals surface area contributed by atoms with Crippen LogP contribution in [-0.4, -0.2) is 12.6 Å². The van der Waals surface area contributed by atoms with Crippen LogP contribution in [-0.2, 0) is 12.0 Å². The Bertz CT molecular complexity index is 624. The number of rotatable bonds is 6. The maximum atomic E-state index is 13.0. The molecule has 0 aromatic heterocycles. The van der Waals surface area contributed by atoms with E-state index >= 15 is 0 Å². The van der Waals surface area contributed by atoms with Gasteiger partial charge in [0.2, 0.25) is 0 Å². The Labute approximate surface area is 136 Å². The van der Waals surface area contributed by atoms with Gasteiger partial charge in [-0.3, -0.25) is 0 Å². The van der Waals surface area contributed by atoms with E-state index < -0.39 is 5.54 Å². The third-order valence-electron chi connectivity index (χ3n) is 3.76. The molecule has 2 aromatic carbocycles. The van der Waals surface area contributed by atoms with Crippen LogP contribution in [0.2, 0.25) is 0 Å². The van der Waals surface area contributed by atoms with E-state index in [1.165, 1.54) is 17.7 Å². The Hall–Kier alpha value is -2.36. The quantitative estimate of drug-likeness (QED) is 0.778. The zero-order chi connectivity index (χ0) is 16.7. The van der Waals surface area contributed by atoms with E-state index in [4.69, 9.17) is 0 Å². The van der Waals surface area contributed by atoms with E-state index in [1.807, 2.05) is 32.0 Å². The summed E-state index contributed by atoms with van der Waals surface area (Å²) in [6.07, 6.45) is 1.82. The van der Waals surface area contributed by atoms with E-state index in [1.54, 1.807) is 12.1 Å². The largest absolute Gasteiger partial charge is 0.338 e. The van der Waals surface area contributed by atoms with Crippen LogP contribution < -0.4 is 10.6 Å². The van der Waals surface area contributed by atoms with Gasteiger partial charge in [-0.1, -0.05) is 42.5 Å². The molecule has 0 heterocycles. The molecular weight excluding hydrogens is 291 g/mol. The molecule has 0 aliphatic rings. The molecule has 0 atom stereocenters. The van der Waals surface area contributed by atoms with Gasteiger partial charge in [0.25, 0.3) is 0 Å². The fourth-order valence-electron chi connectivity index (χ4n) is 2.41. The summed E-state index contributed by atoms with van der Waals surface area (Å²) in [5, 5.41) is 5.78. The highest BCUT2D eigenvalue weighted by Crippen LogP contribution is 2.19. The first-order valence-corrected chi connectivity index (χ1v) is 7.83. The summed E-state index contributed by atoms with van der Waals surface area (Å²) >= 11 is 0. The molecule has 0 bridgehead atoms. The second kappa shape index (κ2) is 7.77. The minimum atomic E-state index is -0.558. The smallest absolute Gasteiger partial charge is 0.315 e. The maximum absolute atomic E-state index is 13.0. The minimum absolute atomic E-state index is 0.215. The predicted molar refractivity (Wildman–Crippen MR) is 90.7 cm³/mol. The standard InChI is InChI=1S/C19H23FN2O/c1-19(2,16-10-12-17(20)13-11-16)22-18(23)21-14-6-9-15-7-4-3-5-8-15/h3-5,7-8,10-13H,6,9,14H2,1-2H3,(H2,21,22,23). The molecule has 0 saturated carbocycles. The molecule has 0 saturated heterocycles. The molecule has 3 nitrogen and oxygen atoms in total. The van der Waals surface area contributed by atoms with Gasteiger partial charge >= 0.3 is 6.03 Å². The molecule has 0 aliphatic carbocycles. The average molecular weight is 314 g/mol. The predicted octanol–water partition coefficient (Wildman–Crippen LogP) is 3.99. The molecule has 4 heteroatoms. The van der Waals surface area contributed by atoms with Crippen molar-refractivity contribution in [3.05, 3.63) is 71.5 Å². The van der Waals surface area contributed by atoms with Crippen LogP contribution in [0.15, 0.2) is 54.6 Å². The van der Waals surface area contributed by atoms with Crippen molar-refractivity contribution in [2.24, 2.45) is 0 Å². The SMILES string of the molecule is CC(C)(NC(=O)NCCCc1ccccc1)c1ccc(F)cc1. The van der Waals surface area contributed by atoms with Crippen molar-refractivity contribution in [3.8, 4) is 0 Å². The van der Waals surface area contributed by atoms with Gasteiger partial charge in [-0.05, 0) is 49.9 Å². The van der Waals surface area contributed by atoms with E-state index in [0.717, 1.165) is 18.4 Å². The zero-order valence-electron chi connectivity index (χ0n) is 13.6. The number of carbonyl (C=O) groups is 1. The number of hydrogen-bond acceptors (Lipinski definition) is 1. The first-order valence-electron chi connectivity index (χ1n) is 7.83. The monoisotopic (exact) mass is 314 g/mol. The number of amides is 2. The zero-order valence-corrected chi connectivity index (χ0v) is 13.6. The molecule has 122 valence electrons. The highest BCUT2D eigenvalue weighted by molar-refractivity contribution is 5.74. The Kier molecular flexibility index (Phi) is 5.74. The highest BCUT2D eigenvalue weighted by Gasteiger charge is 2.22. The van der Waals surface area contributed by atoms with Crippen molar-refractivity contribution < 1.29 is 9.18 Å². The van der Waals surface area contributed by atoms with Gasteiger partial charge in [-0.2, -0.15) is 0 Å². The van der Waals surface area contributed by atoms with E-state index in [2.05, 4.69) is 22.8 Å². The third-order valence-corrected chi connectivity index (χ3v) is 3.76. The van der Waals surface area contributed by atoms with Crippen LogP contribution >= 0.6 is 0 Å². The van der Waals surface area contributed by atoms with Crippen molar-refractivity contribution >= 4 is 6.03 Å². The molecule has 2 N–H and O–H groups in total. The summed E-state index contributed by atoms with van der Waals surface area (Å²) in [5.74, 6) is -0.282. The normalized spacial score (nSPS) is 11.1. The minimum Gasteiger partial charge on any atom is -0.338 e. The maximum Gasteiger partial charge on any atom is 0.315 e. The third kappa shape index (κ3) is 5.40. The lowest BCUT2D eigenvalue weighted by Crippen LogP contribution is -2.46. The summed E-state index contributed by atoms with van der Waals surface area (Å²) in [7, 11) is 0. The lowest BCUT2D eigenvalue weighted by atomic mass is 9.94. The van der Waals surface area contributed by atoms with Crippen molar-refractivity contribution in [2.45, 2.75) is 32.2 Å². The highest BCUT2D eigenvalue weighted by atomic mass is 19.1. The summed E-state index contributed by atoms with van der Waals surface area (Å²) < 4.78 is 13.0. The van der Waals surface area contributed by atoms with Gasteiger partial charge in [0.15, 0.2) is 0 Å². The van der Waals surface area contributed by atoms with E-state index in [9.17, 15) is 9.18 Å². The van der Waals surface area contributed by atoms with Crippen LogP contribution in [0.3, 0.4) is 0 Å². The van der Waals surface area contributed by atoms with Crippen LogP contribution in [0, 0.1) is 5.82 Å². The van der Waals surface area contributed by atoms with Crippen LogP contribution in [0.4, 0.5) is 9.18 Å². The molecular formula is C19H23FN2O. The molecule has 0 unspecified atom stereocenters. The topological polar surface area (TPSA) is 41.1 Å². The first-order chi connectivity index (χ1) is 11.0. The molecule has 0 fully saturated rings. The first kappa shape index (κ1) is 17.0. The van der Waals surface area contributed by atoms with Gasteiger partial charge in [0.05, 0.1) is 5.54 Å². The molecule has 23 heavy (non-hydrogen) atoms. The van der Waals surface area contributed by atoms with Gasteiger partial charge < -0.3 is 10.6 Å². The molecule has 0 spiro atoms. The van der Waals surface area contributed by atoms with Gasteiger partial charge in [0.1, 0.15) is 5.82 Å². The molecule has 2 aromatic rings. The lowest BCUT2D eigenvalue weighted by Gasteiger charge is -2.27. The van der Waals surface area contributed by atoms with Crippen LogP contribution in [0.25, 0.3) is 0 Å². The Morgan fingerprint density at radius 1 is 1.04 bits per heavy atom. The summed E-state index contributed by atoms with van der Waals surface area (Å²) in [4.78, 5) is 12.0. The Morgan fingerprint density at radius 3 is 2.35 bits per heavy atom. The lowest BCUT2D eigenvalue weighted by molar-refractivity contribution is 0.230. The van der Waals surface area contributed by atoms with E-state index in [-0.39, 0.29) is 11.8 Å². The Morgan fingerprint density at radius 2 is 1.70 bits per heavy atom. The number of halogens is 1.